The van der Waals surface area contributed by atoms with Crippen molar-refractivity contribution in [1.82, 2.24) is 4.31 Å². The molecule has 2 aromatic carbocycles. The Bertz CT molecular complexity index is 1120. The van der Waals surface area contributed by atoms with Crippen LogP contribution in [0.2, 0.25) is 5.02 Å². The number of rotatable bonds is 4. The minimum atomic E-state index is -3.84. The second-order valence-electron chi connectivity index (χ2n) is 7.61. The smallest absolute Gasteiger partial charge is 0.265 e. The number of carbonyl (C=O) groups is 2. The first-order chi connectivity index (χ1) is 14.7. The number of piperidine rings is 1. The van der Waals surface area contributed by atoms with E-state index in [0.717, 1.165) is 0 Å². The van der Waals surface area contributed by atoms with E-state index in [4.69, 9.17) is 16.3 Å². The van der Waals surface area contributed by atoms with Crippen molar-refractivity contribution in [1.29, 1.82) is 0 Å². The Hall–Kier alpha value is -2.62. The van der Waals surface area contributed by atoms with Crippen molar-refractivity contribution in [3.05, 3.63) is 47.5 Å². The van der Waals surface area contributed by atoms with Crippen LogP contribution in [0.1, 0.15) is 19.8 Å². The highest BCUT2D eigenvalue weighted by atomic mass is 35.5. The monoisotopic (exact) mass is 463 g/mol. The lowest BCUT2D eigenvalue weighted by molar-refractivity contribution is -0.123. The van der Waals surface area contributed by atoms with Crippen molar-refractivity contribution < 1.29 is 22.7 Å². The highest BCUT2D eigenvalue weighted by molar-refractivity contribution is 7.89. The molecule has 164 valence electrons. The molecule has 1 fully saturated rings. The molecule has 1 saturated heterocycles. The van der Waals surface area contributed by atoms with E-state index in [-0.39, 0.29) is 23.3 Å². The lowest BCUT2D eigenvalue weighted by Gasteiger charge is -2.31. The summed E-state index contributed by atoms with van der Waals surface area (Å²) in [6, 6.07) is 11.1. The molecule has 0 spiro atoms. The van der Waals surface area contributed by atoms with E-state index in [2.05, 4.69) is 10.6 Å². The average Bonchev–Trinajstić information content (AvgIpc) is 2.76. The number of sulfonamides is 1. The Balaban J connectivity index is 1.49. The van der Waals surface area contributed by atoms with Gasteiger partial charge in [-0.25, -0.2) is 8.42 Å². The number of fused-ring (bicyclic) bond motifs is 1. The predicted octanol–water partition coefficient (Wildman–Crippen LogP) is 3.10. The summed E-state index contributed by atoms with van der Waals surface area (Å²) in [4.78, 5) is 24.6. The number of anilines is 2. The molecule has 2 aromatic rings. The minimum Gasteiger partial charge on any atom is -0.479 e. The number of carbonyl (C=O) groups excluding carboxylic acids is 2. The van der Waals surface area contributed by atoms with Crippen molar-refractivity contribution in [3.8, 4) is 5.75 Å². The lowest BCUT2D eigenvalue weighted by atomic mass is 9.99. The summed E-state index contributed by atoms with van der Waals surface area (Å²) in [5.41, 5.74) is 0.923. The van der Waals surface area contributed by atoms with Gasteiger partial charge in [-0.2, -0.15) is 4.31 Å². The molecule has 10 heteroatoms. The molecular formula is C21H22ClN3O5S. The van der Waals surface area contributed by atoms with Gasteiger partial charge in [-0.15, -0.1) is 0 Å². The van der Waals surface area contributed by atoms with Crippen molar-refractivity contribution in [2.24, 2.45) is 5.92 Å². The fourth-order valence-corrected chi connectivity index (χ4v) is 5.33. The molecule has 0 bridgehead atoms. The van der Waals surface area contributed by atoms with Crippen LogP contribution in [0.5, 0.6) is 5.75 Å². The highest BCUT2D eigenvalue weighted by Crippen LogP contribution is 2.33. The topological polar surface area (TPSA) is 105 Å². The molecule has 2 heterocycles. The molecule has 0 aliphatic carbocycles. The summed E-state index contributed by atoms with van der Waals surface area (Å²) in [7, 11) is -3.84. The van der Waals surface area contributed by atoms with Gasteiger partial charge in [0.15, 0.2) is 6.10 Å². The van der Waals surface area contributed by atoms with Crippen LogP contribution in [0.15, 0.2) is 47.4 Å². The Kier molecular flexibility index (Phi) is 5.92. The molecule has 2 atom stereocenters. The van der Waals surface area contributed by atoms with Crippen molar-refractivity contribution in [2.45, 2.75) is 30.8 Å². The number of hydrogen-bond acceptors (Lipinski definition) is 5. The standard InChI is InChI=1S/C21H22ClN3O5S/c1-13-20(26)24-18-11-17(8-9-19(18)30-13)31(28,29)25-10-2-3-14(12-25)21(27)23-16-6-4-15(22)5-7-16/h4-9,11,13-14H,2-3,10,12H2,1H3,(H,23,27)(H,24,26). The summed E-state index contributed by atoms with van der Waals surface area (Å²) < 4.78 is 33.2. The van der Waals surface area contributed by atoms with Crippen LogP contribution < -0.4 is 15.4 Å². The van der Waals surface area contributed by atoms with Gasteiger partial charge in [-0.1, -0.05) is 11.6 Å². The molecule has 8 nitrogen and oxygen atoms in total. The molecule has 2 aliphatic heterocycles. The van der Waals surface area contributed by atoms with Gasteiger partial charge in [0.2, 0.25) is 15.9 Å². The Morgan fingerprint density at radius 2 is 1.97 bits per heavy atom. The van der Waals surface area contributed by atoms with E-state index >= 15 is 0 Å². The summed E-state index contributed by atoms with van der Waals surface area (Å²) >= 11 is 5.87. The summed E-state index contributed by atoms with van der Waals surface area (Å²) in [5.74, 6) is -0.619. The molecule has 31 heavy (non-hydrogen) atoms. The first-order valence-electron chi connectivity index (χ1n) is 9.92. The van der Waals surface area contributed by atoms with Crippen molar-refractivity contribution in [2.75, 3.05) is 23.7 Å². The van der Waals surface area contributed by atoms with E-state index in [1.165, 1.54) is 22.5 Å². The zero-order chi connectivity index (χ0) is 22.2. The van der Waals surface area contributed by atoms with E-state index in [0.29, 0.717) is 41.5 Å². The maximum absolute atomic E-state index is 13.2. The number of nitrogens with zero attached hydrogens (tertiary/aromatic N) is 1. The summed E-state index contributed by atoms with van der Waals surface area (Å²) in [6.45, 7) is 2.02. The Labute approximate surface area is 185 Å². The molecule has 0 aromatic heterocycles. The number of halogens is 1. The number of amides is 2. The van der Waals surface area contributed by atoms with Gasteiger partial charge in [-0.05, 0) is 62.2 Å². The third-order valence-electron chi connectivity index (χ3n) is 5.39. The normalized spacial score (nSPS) is 21.5. The fourth-order valence-electron chi connectivity index (χ4n) is 3.65. The summed E-state index contributed by atoms with van der Waals surface area (Å²) in [6.07, 6.45) is 0.523. The molecule has 2 N–H and O–H groups in total. The van der Waals surface area contributed by atoms with Gasteiger partial charge in [0.05, 0.1) is 16.5 Å². The third-order valence-corrected chi connectivity index (χ3v) is 7.50. The van der Waals surface area contributed by atoms with E-state index in [1.54, 1.807) is 31.2 Å². The van der Waals surface area contributed by atoms with Crippen LogP contribution in [0.3, 0.4) is 0 Å². The average molecular weight is 464 g/mol. The van der Waals surface area contributed by atoms with E-state index < -0.39 is 22.0 Å². The largest absolute Gasteiger partial charge is 0.479 e. The second kappa shape index (κ2) is 8.49. The SMILES string of the molecule is CC1Oc2ccc(S(=O)(=O)N3CCCC(C(=O)Nc4ccc(Cl)cc4)C3)cc2NC1=O. The molecule has 0 radical (unpaired) electrons. The number of hydrogen-bond donors (Lipinski definition) is 2. The van der Waals surface area contributed by atoms with Gasteiger partial charge in [0.1, 0.15) is 5.75 Å². The predicted molar refractivity (Wildman–Crippen MR) is 117 cm³/mol. The van der Waals surface area contributed by atoms with Crippen LogP contribution in [-0.4, -0.2) is 43.7 Å². The number of nitrogens with one attached hydrogen (secondary N) is 2. The van der Waals surface area contributed by atoms with Gasteiger partial charge >= 0.3 is 0 Å². The van der Waals surface area contributed by atoms with Gasteiger partial charge in [-0.3, -0.25) is 9.59 Å². The molecule has 2 aliphatic rings. The van der Waals surface area contributed by atoms with Gasteiger partial charge in [0, 0.05) is 23.8 Å². The third kappa shape index (κ3) is 4.53. The van der Waals surface area contributed by atoms with Gasteiger partial charge < -0.3 is 15.4 Å². The zero-order valence-corrected chi connectivity index (χ0v) is 18.4. The van der Waals surface area contributed by atoms with Crippen molar-refractivity contribution in [3.63, 3.8) is 0 Å². The maximum atomic E-state index is 13.2. The summed E-state index contributed by atoms with van der Waals surface area (Å²) in [5, 5.41) is 6.04. The number of ether oxygens (including phenoxy) is 1. The molecule has 4 rings (SSSR count). The highest BCUT2D eigenvalue weighted by Gasteiger charge is 2.34. The zero-order valence-electron chi connectivity index (χ0n) is 16.8. The van der Waals surface area contributed by atoms with Crippen LogP contribution >= 0.6 is 11.6 Å². The van der Waals surface area contributed by atoms with E-state index in [1.807, 2.05) is 0 Å². The van der Waals surface area contributed by atoms with E-state index in [9.17, 15) is 18.0 Å². The minimum absolute atomic E-state index is 0.0449. The fraction of sp³-hybridized carbons (Fsp3) is 0.333. The maximum Gasteiger partial charge on any atom is 0.265 e. The molecule has 2 amide bonds. The molecular weight excluding hydrogens is 442 g/mol. The van der Waals surface area contributed by atoms with Crippen LogP contribution in [0.4, 0.5) is 11.4 Å². The molecule has 0 saturated carbocycles. The first-order valence-corrected chi connectivity index (χ1v) is 11.7. The van der Waals surface area contributed by atoms with Crippen molar-refractivity contribution >= 4 is 44.8 Å². The van der Waals surface area contributed by atoms with Crippen LogP contribution in [-0.2, 0) is 19.6 Å². The number of benzene rings is 2. The van der Waals surface area contributed by atoms with Crippen LogP contribution in [0.25, 0.3) is 0 Å². The quantitative estimate of drug-likeness (QED) is 0.724. The second-order valence-corrected chi connectivity index (χ2v) is 9.98. The Morgan fingerprint density at radius 3 is 2.71 bits per heavy atom. The van der Waals surface area contributed by atoms with Gasteiger partial charge in [0.25, 0.3) is 5.91 Å². The lowest BCUT2D eigenvalue weighted by Crippen LogP contribution is -2.43. The molecule has 2 unspecified atom stereocenters. The Morgan fingerprint density at radius 1 is 1.23 bits per heavy atom. The van der Waals surface area contributed by atoms with Crippen LogP contribution in [0, 0.1) is 5.92 Å². The first kappa shape index (κ1) is 21.6.